The number of amides is 1. The molecule has 0 spiro atoms. The number of hydrogen-bond acceptors (Lipinski definition) is 3. The molecule has 0 unspecified atom stereocenters. The number of nitrogens with zero attached hydrogens (tertiary/aromatic N) is 2. The highest BCUT2D eigenvalue weighted by molar-refractivity contribution is 5.97. The zero-order valence-corrected chi connectivity index (χ0v) is 9.90. The summed E-state index contributed by atoms with van der Waals surface area (Å²) < 4.78 is 0. The van der Waals surface area contributed by atoms with Crippen LogP contribution in [-0.4, -0.2) is 16.6 Å². The lowest BCUT2D eigenvalue weighted by Crippen LogP contribution is -2.20. The molecule has 1 N–H and O–H groups in total. The normalized spacial score (nSPS) is 11.6. The molecule has 86 valence electrons. The van der Waals surface area contributed by atoms with E-state index in [0.717, 1.165) is 5.69 Å². The number of hydrazone groups is 1. The zero-order chi connectivity index (χ0) is 12.0. The molecule has 0 aliphatic carbocycles. The summed E-state index contributed by atoms with van der Waals surface area (Å²) in [5.41, 5.74) is 4.00. The van der Waals surface area contributed by atoms with Crippen molar-refractivity contribution in [3.05, 3.63) is 30.1 Å². The lowest BCUT2D eigenvalue weighted by Gasteiger charge is -2.03. The minimum absolute atomic E-state index is 0.0646. The van der Waals surface area contributed by atoms with E-state index in [-0.39, 0.29) is 5.91 Å². The monoisotopic (exact) mass is 219 g/mol. The van der Waals surface area contributed by atoms with Gasteiger partial charge in [-0.2, -0.15) is 5.10 Å². The van der Waals surface area contributed by atoms with E-state index in [9.17, 15) is 4.79 Å². The van der Waals surface area contributed by atoms with Crippen LogP contribution in [0.3, 0.4) is 0 Å². The average Bonchev–Trinajstić information content (AvgIpc) is 2.26. The van der Waals surface area contributed by atoms with Crippen molar-refractivity contribution in [2.45, 2.75) is 27.2 Å². The lowest BCUT2D eigenvalue weighted by molar-refractivity contribution is -0.121. The molecule has 0 atom stereocenters. The van der Waals surface area contributed by atoms with Gasteiger partial charge in [0.15, 0.2) is 0 Å². The second-order valence-corrected chi connectivity index (χ2v) is 4.05. The summed E-state index contributed by atoms with van der Waals surface area (Å²) in [7, 11) is 0. The Hall–Kier alpha value is -1.71. The second-order valence-electron chi connectivity index (χ2n) is 4.05. The number of rotatable bonds is 4. The molecule has 4 heteroatoms. The van der Waals surface area contributed by atoms with E-state index >= 15 is 0 Å². The van der Waals surface area contributed by atoms with Crippen LogP contribution in [0.2, 0.25) is 0 Å². The molecular weight excluding hydrogens is 202 g/mol. The Kier molecular flexibility index (Phi) is 4.64. The molecule has 0 saturated heterocycles. The number of nitrogens with one attached hydrogen (secondary N) is 1. The Morgan fingerprint density at radius 2 is 2.25 bits per heavy atom. The van der Waals surface area contributed by atoms with Crippen LogP contribution < -0.4 is 5.43 Å². The van der Waals surface area contributed by atoms with Crippen LogP contribution in [0.5, 0.6) is 0 Å². The van der Waals surface area contributed by atoms with Gasteiger partial charge in [0.1, 0.15) is 0 Å². The first kappa shape index (κ1) is 12.4. The third kappa shape index (κ3) is 4.21. The molecule has 1 amide bonds. The number of aromatic nitrogens is 1. The van der Waals surface area contributed by atoms with Gasteiger partial charge in [-0.1, -0.05) is 19.9 Å². The number of carbonyl (C=O) groups excluding carboxylic acids is 1. The zero-order valence-electron chi connectivity index (χ0n) is 9.90. The van der Waals surface area contributed by atoms with E-state index in [2.05, 4.69) is 15.5 Å². The van der Waals surface area contributed by atoms with E-state index in [4.69, 9.17) is 0 Å². The van der Waals surface area contributed by atoms with E-state index in [1.807, 2.05) is 39.0 Å². The van der Waals surface area contributed by atoms with Gasteiger partial charge in [-0.05, 0) is 25.0 Å². The fourth-order valence-electron chi connectivity index (χ4n) is 1.20. The topological polar surface area (TPSA) is 54.4 Å². The van der Waals surface area contributed by atoms with Crippen LogP contribution in [0.25, 0.3) is 0 Å². The summed E-state index contributed by atoms with van der Waals surface area (Å²) in [6.07, 6.45) is 2.18. The molecule has 1 rings (SSSR count). The molecule has 0 bridgehead atoms. The summed E-state index contributed by atoms with van der Waals surface area (Å²) in [5, 5.41) is 4.00. The standard InChI is InChI=1S/C12H17N3O/c1-9(2)8-12(16)15-14-10(3)11-6-4-5-7-13-11/h4-7,9H,8H2,1-3H3,(H,15,16). The predicted molar refractivity (Wildman–Crippen MR) is 64.0 cm³/mol. The maximum absolute atomic E-state index is 11.4. The van der Waals surface area contributed by atoms with Crippen molar-refractivity contribution in [3.8, 4) is 0 Å². The van der Waals surface area contributed by atoms with Gasteiger partial charge >= 0.3 is 0 Å². The predicted octanol–water partition coefficient (Wildman–Crippen LogP) is 1.97. The van der Waals surface area contributed by atoms with Crippen molar-refractivity contribution in [1.82, 2.24) is 10.4 Å². The van der Waals surface area contributed by atoms with Gasteiger partial charge in [0.25, 0.3) is 0 Å². The fraction of sp³-hybridized carbons (Fsp3) is 0.417. The molecule has 0 aromatic carbocycles. The molecule has 4 nitrogen and oxygen atoms in total. The Labute approximate surface area is 95.8 Å². The van der Waals surface area contributed by atoms with Crippen molar-refractivity contribution in [2.24, 2.45) is 11.0 Å². The molecule has 0 saturated carbocycles. The molecule has 1 aromatic rings. The van der Waals surface area contributed by atoms with Gasteiger partial charge in [0, 0.05) is 12.6 Å². The summed E-state index contributed by atoms with van der Waals surface area (Å²) >= 11 is 0. The molecular formula is C12H17N3O. The second kappa shape index (κ2) is 6.00. The highest BCUT2D eigenvalue weighted by atomic mass is 16.2. The summed E-state index contributed by atoms with van der Waals surface area (Å²) in [6, 6.07) is 5.58. The quantitative estimate of drug-likeness (QED) is 0.621. The van der Waals surface area contributed by atoms with Crippen LogP contribution in [0, 0.1) is 5.92 Å². The van der Waals surface area contributed by atoms with Crippen LogP contribution in [0.15, 0.2) is 29.5 Å². The van der Waals surface area contributed by atoms with E-state index in [1.165, 1.54) is 0 Å². The van der Waals surface area contributed by atoms with Crippen LogP contribution in [0.4, 0.5) is 0 Å². The first-order chi connectivity index (χ1) is 7.59. The highest BCUT2D eigenvalue weighted by Crippen LogP contribution is 1.99. The van der Waals surface area contributed by atoms with Gasteiger partial charge < -0.3 is 0 Å². The Morgan fingerprint density at radius 3 is 2.81 bits per heavy atom. The largest absolute Gasteiger partial charge is 0.273 e. The van der Waals surface area contributed by atoms with Crippen molar-refractivity contribution in [2.75, 3.05) is 0 Å². The molecule has 0 fully saturated rings. The smallest absolute Gasteiger partial charge is 0.240 e. The van der Waals surface area contributed by atoms with E-state index in [0.29, 0.717) is 18.1 Å². The van der Waals surface area contributed by atoms with Gasteiger partial charge in [-0.3, -0.25) is 9.78 Å². The molecule has 0 radical (unpaired) electrons. The molecule has 0 aliphatic heterocycles. The maximum Gasteiger partial charge on any atom is 0.240 e. The van der Waals surface area contributed by atoms with Crippen LogP contribution >= 0.6 is 0 Å². The third-order valence-electron chi connectivity index (χ3n) is 1.98. The fourth-order valence-corrected chi connectivity index (χ4v) is 1.20. The molecule has 1 aromatic heterocycles. The third-order valence-corrected chi connectivity index (χ3v) is 1.98. The van der Waals surface area contributed by atoms with Gasteiger partial charge in [-0.25, -0.2) is 5.43 Å². The summed E-state index contributed by atoms with van der Waals surface area (Å²) in [4.78, 5) is 15.5. The van der Waals surface area contributed by atoms with E-state index < -0.39 is 0 Å². The number of pyridine rings is 1. The van der Waals surface area contributed by atoms with Crippen molar-refractivity contribution in [3.63, 3.8) is 0 Å². The van der Waals surface area contributed by atoms with Crippen LogP contribution in [-0.2, 0) is 4.79 Å². The summed E-state index contributed by atoms with van der Waals surface area (Å²) in [6.45, 7) is 5.81. The SMILES string of the molecule is CC(=NNC(=O)CC(C)C)c1ccccn1. The van der Waals surface area contributed by atoms with Crippen molar-refractivity contribution < 1.29 is 4.79 Å². The van der Waals surface area contributed by atoms with Crippen LogP contribution in [0.1, 0.15) is 32.9 Å². The van der Waals surface area contributed by atoms with Gasteiger partial charge in [0.2, 0.25) is 5.91 Å². The first-order valence-electron chi connectivity index (χ1n) is 5.34. The Bertz CT molecular complexity index is 371. The van der Waals surface area contributed by atoms with E-state index in [1.54, 1.807) is 6.20 Å². The molecule has 1 heterocycles. The lowest BCUT2D eigenvalue weighted by atomic mass is 10.1. The minimum Gasteiger partial charge on any atom is -0.273 e. The van der Waals surface area contributed by atoms with Gasteiger partial charge in [0.05, 0.1) is 11.4 Å². The minimum atomic E-state index is -0.0646. The first-order valence-corrected chi connectivity index (χ1v) is 5.34. The molecule has 0 aliphatic rings. The summed E-state index contributed by atoms with van der Waals surface area (Å²) in [5.74, 6) is 0.274. The van der Waals surface area contributed by atoms with Crippen molar-refractivity contribution in [1.29, 1.82) is 0 Å². The Morgan fingerprint density at radius 1 is 1.50 bits per heavy atom. The number of hydrogen-bond donors (Lipinski definition) is 1. The van der Waals surface area contributed by atoms with Gasteiger partial charge in [-0.15, -0.1) is 0 Å². The maximum atomic E-state index is 11.4. The molecule has 16 heavy (non-hydrogen) atoms. The average molecular weight is 219 g/mol. The number of carbonyl (C=O) groups is 1. The van der Waals surface area contributed by atoms with Crippen molar-refractivity contribution >= 4 is 11.6 Å². The highest BCUT2D eigenvalue weighted by Gasteiger charge is 2.04. The Balaban J connectivity index is 2.55.